The number of hydrogen-bond acceptors (Lipinski definition) is 15. The van der Waals surface area contributed by atoms with Crippen LogP contribution in [0.3, 0.4) is 0 Å². The van der Waals surface area contributed by atoms with E-state index in [1.54, 1.807) is 0 Å². The summed E-state index contributed by atoms with van der Waals surface area (Å²) in [6.45, 7) is 2.23. The number of rotatable bonds is 27. The fourth-order valence-electron chi connectivity index (χ4n) is 5.28. The van der Waals surface area contributed by atoms with Crippen LogP contribution >= 0.6 is 27.4 Å². The summed E-state index contributed by atoms with van der Waals surface area (Å²) >= 11 is 0.974. The maximum Gasteiger partial charge on any atom is 0.472 e. The van der Waals surface area contributed by atoms with Crippen molar-refractivity contribution >= 4 is 38.5 Å². The number of aliphatic hydroxyl groups excluding tert-OH is 5. The normalized spacial score (nSPS) is 21.5. The number of ether oxygens (including phenoxy) is 2. The Balaban J connectivity index is -0.000000223. The van der Waals surface area contributed by atoms with E-state index >= 15 is 0 Å². The van der Waals surface area contributed by atoms with Crippen LogP contribution in [0.25, 0.3) is 0 Å². The van der Waals surface area contributed by atoms with Gasteiger partial charge in [0.25, 0.3) is 0 Å². The predicted octanol–water partition coefficient (Wildman–Crippen LogP) is 5.15. The van der Waals surface area contributed by atoms with Crippen LogP contribution in [0.2, 0.25) is 0 Å². The molecule has 0 spiro atoms. The Bertz CT molecular complexity index is 1510. The molecule has 0 radical (unpaired) electrons. The molecule has 0 aromatic carbocycles. The second-order valence-corrected chi connectivity index (χ2v) is 16.5. The number of carbonyl (C=O) groups excluding carboxylic acids is 2. The van der Waals surface area contributed by atoms with Crippen LogP contribution in [0.1, 0.15) is 127 Å². The van der Waals surface area contributed by atoms with Gasteiger partial charge in [-0.25, -0.2) is 9.13 Å². The monoisotopic (exact) mass is 896 g/mol. The first-order valence-electron chi connectivity index (χ1n) is 19.2. The van der Waals surface area contributed by atoms with Crippen LogP contribution in [0.4, 0.5) is 0 Å². The number of terminal acetylenes is 1. The third-order valence-corrected chi connectivity index (χ3v) is 10.3. The molecule has 8 atom stereocenters. The summed E-state index contributed by atoms with van der Waals surface area (Å²) in [5.74, 6) is 13.6. The lowest BCUT2D eigenvalue weighted by Crippen LogP contribution is -2.64. The topological polar surface area (TPSA) is 276 Å². The number of carbonyl (C=O) groups is 2. The van der Waals surface area contributed by atoms with Crippen molar-refractivity contribution in [1.29, 1.82) is 0 Å². The number of esters is 1. The Kier molecular flexibility index (Phi) is 32.1. The zero-order chi connectivity index (χ0) is 43.8. The first kappa shape index (κ1) is 55.7. The maximum atomic E-state index is 12.5. The van der Waals surface area contributed by atoms with E-state index in [1.807, 2.05) is 6.92 Å². The van der Waals surface area contributed by atoms with Crippen LogP contribution in [0.15, 0.2) is 0 Å². The molecule has 0 bridgehead atoms. The molecular formula is C38H74O17P2S. The fourth-order valence-corrected chi connectivity index (χ4v) is 7.34. The van der Waals surface area contributed by atoms with Gasteiger partial charge in [0.15, 0.2) is 0 Å². The van der Waals surface area contributed by atoms with Crippen molar-refractivity contribution in [1.82, 2.24) is 0 Å². The van der Waals surface area contributed by atoms with Crippen molar-refractivity contribution in [2.75, 3.05) is 20.0 Å². The van der Waals surface area contributed by atoms with E-state index < -0.39 is 84.3 Å². The number of thioether (sulfide) groups is 1. The summed E-state index contributed by atoms with van der Waals surface area (Å²) in [5.41, 5.74) is 0. The molecule has 0 heterocycles. The van der Waals surface area contributed by atoms with Crippen LogP contribution in [-0.4, -0.2) is 114 Å². The second kappa shape index (κ2) is 33.4. The molecule has 8 N–H and O–H groups in total. The van der Waals surface area contributed by atoms with E-state index in [0.717, 1.165) is 43.9 Å². The van der Waals surface area contributed by atoms with Gasteiger partial charge >= 0.3 is 21.6 Å². The summed E-state index contributed by atoms with van der Waals surface area (Å²) in [4.78, 5) is 51.2. The molecule has 20 heteroatoms. The number of phosphoric ester groups is 2. The van der Waals surface area contributed by atoms with E-state index in [0.29, 0.717) is 12.8 Å². The molecule has 1 aliphatic carbocycles. The van der Waals surface area contributed by atoms with Crippen molar-refractivity contribution in [3.8, 4) is 47.2 Å². The molecule has 5 unspecified atom stereocenters. The van der Waals surface area contributed by atoms with Crippen molar-refractivity contribution in [3.63, 3.8) is 0 Å². The third kappa shape index (κ3) is 28.2. The molecule has 0 aromatic rings. The summed E-state index contributed by atoms with van der Waals surface area (Å²) < 4.78 is 47.3. The van der Waals surface area contributed by atoms with Crippen molar-refractivity contribution in [2.45, 2.75) is 159 Å². The Morgan fingerprint density at radius 1 is 0.690 bits per heavy atom. The first-order valence-corrected chi connectivity index (χ1v) is 23.0. The Labute approximate surface area is 356 Å². The van der Waals surface area contributed by atoms with Gasteiger partial charge in [0.2, 0.25) is 5.12 Å². The number of hydrogen-bond donors (Lipinski definition) is 8. The molecule has 1 rings (SSSR count). The highest BCUT2D eigenvalue weighted by Crippen LogP contribution is 2.48. The lowest BCUT2D eigenvalue weighted by molar-refractivity contribution is -0.216. The predicted molar refractivity (Wildman–Crippen MR) is 229 cm³/mol. The Hall–Kier alpha value is -2.29. The molecule has 0 amide bonds. The molecule has 0 aromatic heterocycles. The minimum absolute atomic E-state index is 0. The molecule has 344 valence electrons. The van der Waals surface area contributed by atoms with Gasteiger partial charge in [0.05, 0.1) is 13.2 Å². The Morgan fingerprint density at radius 2 is 1.17 bits per heavy atom. The summed E-state index contributed by atoms with van der Waals surface area (Å²) in [6, 6.07) is 0. The van der Waals surface area contributed by atoms with Gasteiger partial charge in [-0.15, -0.1) is 6.42 Å². The van der Waals surface area contributed by atoms with Crippen molar-refractivity contribution in [2.24, 2.45) is 0 Å². The average Bonchev–Trinajstić information content (AvgIpc) is 3.17. The van der Waals surface area contributed by atoms with Gasteiger partial charge in [-0.2, -0.15) is 0 Å². The molecule has 0 aliphatic heterocycles. The summed E-state index contributed by atoms with van der Waals surface area (Å²) in [6.07, 6.45) is 6.55. The van der Waals surface area contributed by atoms with Gasteiger partial charge in [-0.1, -0.05) is 90.9 Å². The summed E-state index contributed by atoms with van der Waals surface area (Å²) in [5, 5.41) is 52.1. The zero-order valence-corrected chi connectivity index (χ0v) is 35.7. The van der Waals surface area contributed by atoms with E-state index in [1.165, 1.54) is 51.4 Å². The molecular weight excluding hydrogens is 822 g/mol. The van der Waals surface area contributed by atoms with Gasteiger partial charge in [0, 0.05) is 34.6 Å². The van der Waals surface area contributed by atoms with Crippen LogP contribution < -0.4 is 0 Å². The fraction of sp³-hybridized carbons (Fsp3) is 0.737. The highest BCUT2D eigenvalue weighted by Gasteiger charge is 2.54. The smallest absolute Gasteiger partial charge is 0.457 e. The molecule has 1 aliphatic rings. The number of aliphatic hydroxyl groups is 5. The van der Waals surface area contributed by atoms with Gasteiger partial charge in [0.1, 0.15) is 49.5 Å². The van der Waals surface area contributed by atoms with Gasteiger partial charge in [-0.3, -0.25) is 23.2 Å². The first-order chi connectivity index (χ1) is 27.5. The standard InChI is InChI=1S/C26H52O16P2.C12H8OS.7H2/c1-2-3-4-5-6-7-8-9-10-11-12-13-14-15-20(28)40-19(16-38-18-27)17-39-44(36,37)42-26-23(31)21(29)25(22(30)24(26)32)41-43(33,34)35;1-3-5-6-7-8-9-11-14-12(13)10-4-2;;;;;;;/h19,21-27,29-32H,2-18H2,1H3,(H,36,37)(H2,33,34,35);1H,4,10H2,2H3;7*1H/t19-,21+,22?,23?,24+,25?,26?;;;;;;;;/m1......../s1. The lowest BCUT2D eigenvalue weighted by Gasteiger charge is -2.43. The van der Waals surface area contributed by atoms with Crippen LogP contribution in [0.5, 0.6) is 0 Å². The summed E-state index contributed by atoms with van der Waals surface area (Å²) in [7, 11) is -10.4. The van der Waals surface area contributed by atoms with Crippen molar-refractivity contribution in [3.05, 3.63) is 0 Å². The molecule has 1 saturated carbocycles. The van der Waals surface area contributed by atoms with Crippen molar-refractivity contribution < 1.29 is 92.0 Å². The third-order valence-electron chi connectivity index (χ3n) is 8.15. The van der Waals surface area contributed by atoms with E-state index in [2.05, 4.69) is 52.2 Å². The maximum absolute atomic E-state index is 12.5. The molecule has 17 nitrogen and oxygen atoms in total. The Morgan fingerprint density at radius 3 is 1.66 bits per heavy atom. The zero-order valence-electron chi connectivity index (χ0n) is 33.1. The SMILES string of the molecule is C#CC#CC#CC#CSC(=O)CCC.CCCCCCCCCCCCCCCC(=O)O[C@H](COCO)COP(=O)(O)OC1C(O)[C@H](O)C(OP(=O)(O)O)C(O)[C@@H]1O.[HH].[HH].[HH].[HH].[HH].[HH].[HH]. The number of phosphoric acid groups is 2. The largest absolute Gasteiger partial charge is 0.472 e. The van der Waals surface area contributed by atoms with E-state index in [-0.39, 0.29) is 21.5 Å². The minimum atomic E-state index is -5.27. The van der Waals surface area contributed by atoms with E-state index in [9.17, 15) is 44.0 Å². The quantitative estimate of drug-likeness (QED) is 0.0174. The minimum Gasteiger partial charge on any atom is -0.457 e. The number of unbranched alkanes of at least 4 members (excludes halogenated alkanes) is 12. The molecule has 1 fully saturated rings. The highest BCUT2D eigenvalue weighted by atomic mass is 32.2. The average molecular weight is 897 g/mol. The molecule has 58 heavy (non-hydrogen) atoms. The van der Waals surface area contributed by atoms with Crippen LogP contribution in [0, 0.1) is 47.2 Å². The second-order valence-electron chi connectivity index (χ2n) is 13.1. The lowest BCUT2D eigenvalue weighted by atomic mass is 9.85. The molecule has 0 saturated heterocycles. The van der Waals surface area contributed by atoms with Gasteiger partial charge in [-0.05, 0) is 53.6 Å². The van der Waals surface area contributed by atoms with Gasteiger partial charge < -0.3 is 49.7 Å². The van der Waals surface area contributed by atoms with Crippen LogP contribution in [-0.2, 0) is 41.8 Å². The highest BCUT2D eigenvalue weighted by molar-refractivity contribution is 8.17. The van der Waals surface area contributed by atoms with E-state index in [4.69, 9.17) is 39.8 Å².